The van der Waals surface area contributed by atoms with Gasteiger partial charge in [-0.15, -0.1) is 0 Å². The molecule has 0 spiro atoms. The van der Waals surface area contributed by atoms with Gasteiger partial charge in [0.2, 0.25) is 5.89 Å². The fourth-order valence-electron chi connectivity index (χ4n) is 3.17. The summed E-state index contributed by atoms with van der Waals surface area (Å²) in [5.74, 6) is 0.220. The molecule has 0 aliphatic carbocycles. The van der Waals surface area contributed by atoms with Crippen LogP contribution in [0.2, 0.25) is 0 Å². The summed E-state index contributed by atoms with van der Waals surface area (Å²) in [6.45, 7) is 7.28. The molecule has 0 aliphatic heterocycles. The second-order valence-electron chi connectivity index (χ2n) is 7.74. The molecule has 6 heteroatoms. The maximum atomic E-state index is 11.2. The van der Waals surface area contributed by atoms with Crippen molar-refractivity contribution in [2.24, 2.45) is 0 Å². The van der Waals surface area contributed by atoms with E-state index in [1.165, 1.54) is 13.8 Å². The summed E-state index contributed by atoms with van der Waals surface area (Å²) in [7, 11) is 0. The van der Waals surface area contributed by atoms with E-state index in [1.807, 2.05) is 36.4 Å². The number of ether oxygens (including phenoxy) is 1. The minimum Gasteiger partial charge on any atom is -0.478 e. The summed E-state index contributed by atoms with van der Waals surface area (Å²) in [6.07, 6.45) is 1.91. The molecule has 3 rings (SSSR count). The standard InChI is InChI=1S/C23H28N2O4/c1-5-8-19(21-25-18-9-6-7-10-20(18)28-21)24-15(2)16-11-13-17(14-12-16)29-23(3,4)22(26)27/h6-7,9-15,19,24H,5,8H2,1-4H3,(H,26,27). The van der Waals surface area contributed by atoms with E-state index in [4.69, 9.17) is 9.15 Å². The Balaban J connectivity index is 1.72. The average molecular weight is 396 g/mol. The molecule has 154 valence electrons. The first-order valence-electron chi connectivity index (χ1n) is 9.94. The van der Waals surface area contributed by atoms with Crippen LogP contribution in [0.15, 0.2) is 52.9 Å². The van der Waals surface area contributed by atoms with Crippen molar-refractivity contribution in [1.29, 1.82) is 0 Å². The normalized spacial score (nSPS) is 13.9. The molecule has 0 aliphatic rings. The molecule has 0 saturated heterocycles. The number of para-hydroxylation sites is 2. The van der Waals surface area contributed by atoms with Crippen LogP contribution in [0, 0.1) is 0 Å². The van der Waals surface area contributed by atoms with Gasteiger partial charge in [-0.1, -0.05) is 37.6 Å². The molecule has 29 heavy (non-hydrogen) atoms. The predicted molar refractivity (Wildman–Crippen MR) is 112 cm³/mol. The first kappa shape index (κ1) is 20.9. The van der Waals surface area contributed by atoms with Gasteiger partial charge in [-0.25, -0.2) is 9.78 Å². The van der Waals surface area contributed by atoms with Gasteiger partial charge in [0, 0.05) is 6.04 Å². The second-order valence-corrected chi connectivity index (χ2v) is 7.74. The van der Waals surface area contributed by atoms with E-state index < -0.39 is 11.6 Å². The Hall–Kier alpha value is -2.86. The lowest BCUT2D eigenvalue weighted by Gasteiger charge is -2.23. The molecule has 0 saturated carbocycles. The van der Waals surface area contributed by atoms with Crippen molar-refractivity contribution >= 4 is 17.1 Å². The van der Waals surface area contributed by atoms with E-state index in [-0.39, 0.29) is 12.1 Å². The molecule has 0 amide bonds. The molecule has 2 unspecified atom stereocenters. The lowest BCUT2D eigenvalue weighted by molar-refractivity contribution is -0.152. The van der Waals surface area contributed by atoms with Crippen LogP contribution in [-0.4, -0.2) is 21.7 Å². The highest BCUT2D eigenvalue weighted by Gasteiger charge is 2.29. The number of oxazole rings is 1. The highest BCUT2D eigenvalue weighted by molar-refractivity contribution is 5.76. The topological polar surface area (TPSA) is 84.6 Å². The Labute approximate surface area is 170 Å². The number of aromatic nitrogens is 1. The van der Waals surface area contributed by atoms with E-state index in [0.717, 1.165) is 29.5 Å². The zero-order chi connectivity index (χ0) is 21.0. The summed E-state index contributed by atoms with van der Waals surface area (Å²) >= 11 is 0. The van der Waals surface area contributed by atoms with Crippen molar-refractivity contribution in [2.75, 3.05) is 0 Å². The first-order valence-corrected chi connectivity index (χ1v) is 9.94. The van der Waals surface area contributed by atoms with Crippen LogP contribution in [0.25, 0.3) is 11.1 Å². The molecule has 6 nitrogen and oxygen atoms in total. The molecular weight excluding hydrogens is 368 g/mol. The SMILES string of the molecule is CCCC(NC(C)c1ccc(OC(C)(C)C(=O)O)cc1)c1nc2ccccc2o1. The number of rotatable bonds is 9. The van der Waals surface area contributed by atoms with E-state index >= 15 is 0 Å². The quantitative estimate of drug-likeness (QED) is 0.513. The van der Waals surface area contributed by atoms with E-state index in [0.29, 0.717) is 11.6 Å². The first-order chi connectivity index (χ1) is 13.8. The number of nitrogens with one attached hydrogen (secondary N) is 1. The molecule has 0 radical (unpaired) electrons. The molecular formula is C23H28N2O4. The van der Waals surface area contributed by atoms with E-state index in [1.54, 1.807) is 12.1 Å². The number of carbonyl (C=O) groups is 1. The van der Waals surface area contributed by atoms with Gasteiger partial charge in [-0.3, -0.25) is 5.32 Å². The lowest BCUT2D eigenvalue weighted by Crippen LogP contribution is -2.37. The number of nitrogens with zero attached hydrogens (tertiary/aromatic N) is 1. The molecule has 2 N–H and O–H groups in total. The Bertz CT molecular complexity index is 929. The van der Waals surface area contributed by atoms with Crippen LogP contribution in [0.1, 0.15) is 64.1 Å². The molecule has 1 aromatic heterocycles. The van der Waals surface area contributed by atoms with Crippen LogP contribution < -0.4 is 10.1 Å². The summed E-state index contributed by atoms with van der Waals surface area (Å²) in [5.41, 5.74) is 1.45. The van der Waals surface area contributed by atoms with Gasteiger partial charge in [-0.2, -0.15) is 0 Å². The van der Waals surface area contributed by atoms with Crippen molar-refractivity contribution in [3.63, 3.8) is 0 Å². The Morgan fingerprint density at radius 1 is 1.21 bits per heavy atom. The third kappa shape index (κ3) is 4.95. The Kier molecular flexibility index (Phi) is 6.23. The summed E-state index contributed by atoms with van der Waals surface area (Å²) in [5, 5.41) is 12.8. The molecule has 3 aromatic rings. The average Bonchev–Trinajstić information content (AvgIpc) is 3.12. The van der Waals surface area contributed by atoms with Crippen molar-refractivity contribution in [3.8, 4) is 5.75 Å². The largest absolute Gasteiger partial charge is 0.478 e. The Morgan fingerprint density at radius 2 is 1.90 bits per heavy atom. The van der Waals surface area contributed by atoms with Crippen LogP contribution >= 0.6 is 0 Å². The van der Waals surface area contributed by atoms with E-state index in [9.17, 15) is 9.90 Å². The molecule has 0 fully saturated rings. The third-order valence-corrected chi connectivity index (χ3v) is 4.91. The second kappa shape index (κ2) is 8.66. The van der Waals surface area contributed by atoms with Crippen molar-refractivity contribution < 1.29 is 19.1 Å². The summed E-state index contributed by atoms with van der Waals surface area (Å²) in [4.78, 5) is 15.9. The third-order valence-electron chi connectivity index (χ3n) is 4.91. The zero-order valence-electron chi connectivity index (χ0n) is 17.3. The summed E-state index contributed by atoms with van der Waals surface area (Å²) < 4.78 is 11.5. The Morgan fingerprint density at radius 3 is 2.52 bits per heavy atom. The highest BCUT2D eigenvalue weighted by Crippen LogP contribution is 2.27. The molecule has 2 atom stereocenters. The lowest BCUT2D eigenvalue weighted by atomic mass is 10.1. The zero-order valence-corrected chi connectivity index (χ0v) is 17.3. The fraction of sp³-hybridized carbons (Fsp3) is 0.391. The number of carboxylic acid groups (broad SMARTS) is 1. The van der Waals surface area contributed by atoms with Gasteiger partial charge in [0.05, 0.1) is 6.04 Å². The predicted octanol–water partition coefficient (Wildman–Crippen LogP) is 5.26. The molecule has 2 aromatic carbocycles. The van der Waals surface area contributed by atoms with Crippen LogP contribution in [-0.2, 0) is 4.79 Å². The minimum absolute atomic E-state index is 0.00395. The molecule has 0 bridgehead atoms. The fourth-order valence-corrected chi connectivity index (χ4v) is 3.17. The maximum absolute atomic E-state index is 11.2. The van der Waals surface area contributed by atoms with Gasteiger partial charge >= 0.3 is 5.97 Å². The smallest absolute Gasteiger partial charge is 0.347 e. The number of hydrogen-bond donors (Lipinski definition) is 2. The van der Waals surface area contributed by atoms with Crippen molar-refractivity contribution in [2.45, 2.75) is 58.2 Å². The van der Waals surface area contributed by atoms with Crippen molar-refractivity contribution in [3.05, 3.63) is 60.0 Å². The minimum atomic E-state index is -1.27. The summed E-state index contributed by atoms with van der Waals surface area (Å²) in [6, 6.07) is 15.3. The van der Waals surface area contributed by atoms with Gasteiger partial charge < -0.3 is 14.3 Å². The van der Waals surface area contributed by atoms with Gasteiger partial charge in [-0.05, 0) is 57.0 Å². The number of aliphatic carboxylic acids is 1. The number of benzene rings is 2. The maximum Gasteiger partial charge on any atom is 0.347 e. The van der Waals surface area contributed by atoms with Crippen LogP contribution in [0.4, 0.5) is 0 Å². The van der Waals surface area contributed by atoms with Crippen LogP contribution in [0.3, 0.4) is 0 Å². The van der Waals surface area contributed by atoms with Gasteiger partial charge in [0.1, 0.15) is 11.3 Å². The van der Waals surface area contributed by atoms with Gasteiger partial charge in [0.15, 0.2) is 11.2 Å². The number of carboxylic acids is 1. The molecule has 1 heterocycles. The van der Waals surface area contributed by atoms with Crippen LogP contribution in [0.5, 0.6) is 5.75 Å². The number of fused-ring (bicyclic) bond motifs is 1. The van der Waals surface area contributed by atoms with Gasteiger partial charge in [0.25, 0.3) is 0 Å². The number of hydrogen-bond acceptors (Lipinski definition) is 5. The highest BCUT2D eigenvalue weighted by atomic mass is 16.5. The van der Waals surface area contributed by atoms with Crippen molar-refractivity contribution in [1.82, 2.24) is 10.3 Å². The van der Waals surface area contributed by atoms with E-state index in [2.05, 4.69) is 24.1 Å². The monoisotopic (exact) mass is 396 g/mol.